The molecule has 32 heavy (non-hydrogen) atoms. The van der Waals surface area contributed by atoms with Crippen LogP contribution in [0.25, 0.3) is 11.3 Å². The van der Waals surface area contributed by atoms with Crippen LogP contribution in [0, 0.1) is 0 Å². The van der Waals surface area contributed by atoms with Crippen molar-refractivity contribution < 1.29 is 9.53 Å². The van der Waals surface area contributed by atoms with E-state index in [4.69, 9.17) is 16.3 Å². The van der Waals surface area contributed by atoms with E-state index in [9.17, 15) is 4.79 Å². The van der Waals surface area contributed by atoms with Crippen LogP contribution < -0.4 is 4.74 Å². The summed E-state index contributed by atoms with van der Waals surface area (Å²) in [5.74, 6) is 0.665. The smallest absolute Gasteiger partial charge is 0.273 e. The number of nitrogens with one attached hydrogen (secondary N) is 1. The molecule has 1 unspecified atom stereocenters. The molecule has 0 aliphatic carbocycles. The number of hydrogen-bond acceptors (Lipinski definition) is 3. The molecule has 0 bridgehead atoms. The summed E-state index contributed by atoms with van der Waals surface area (Å²) in [7, 11) is 1.63. The van der Waals surface area contributed by atoms with Gasteiger partial charge < -0.3 is 9.64 Å². The van der Waals surface area contributed by atoms with Crippen LogP contribution in [-0.2, 0) is 6.54 Å². The number of carbonyl (C=O) groups excluding carboxylic acids is 1. The molecule has 3 aromatic carbocycles. The second-order valence-corrected chi connectivity index (χ2v) is 8.89. The SMILES string of the molecule is COc1ccc(-c2n[nH]c3c2C(c2cccc(Br)c2)N(Cc2ccccc2Cl)C3=O)cc1. The van der Waals surface area contributed by atoms with Gasteiger partial charge in [-0.3, -0.25) is 9.89 Å². The number of ether oxygens (including phenoxy) is 1. The molecule has 1 N–H and O–H groups in total. The number of benzene rings is 3. The van der Waals surface area contributed by atoms with Crippen molar-refractivity contribution in [2.75, 3.05) is 7.11 Å². The number of carbonyl (C=O) groups is 1. The molecule has 0 fully saturated rings. The lowest BCUT2D eigenvalue weighted by Crippen LogP contribution is -2.29. The maximum Gasteiger partial charge on any atom is 0.273 e. The van der Waals surface area contributed by atoms with Crippen LogP contribution in [0.15, 0.2) is 77.3 Å². The summed E-state index contributed by atoms with van der Waals surface area (Å²) in [5.41, 5.74) is 4.93. The highest BCUT2D eigenvalue weighted by Crippen LogP contribution is 2.44. The van der Waals surface area contributed by atoms with Crippen LogP contribution in [0.2, 0.25) is 5.02 Å². The summed E-state index contributed by atoms with van der Waals surface area (Å²) < 4.78 is 6.23. The fraction of sp³-hybridized carbons (Fsp3) is 0.120. The van der Waals surface area contributed by atoms with E-state index in [1.165, 1.54) is 0 Å². The van der Waals surface area contributed by atoms with Crippen molar-refractivity contribution in [2.45, 2.75) is 12.6 Å². The minimum Gasteiger partial charge on any atom is -0.497 e. The molecule has 0 saturated carbocycles. The summed E-state index contributed by atoms with van der Waals surface area (Å²) >= 11 is 10.0. The third kappa shape index (κ3) is 3.59. The molecule has 160 valence electrons. The lowest BCUT2D eigenvalue weighted by atomic mass is 9.96. The Labute approximate surface area is 199 Å². The monoisotopic (exact) mass is 507 g/mol. The number of amides is 1. The number of methoxy groups -OCH3 is 1. The number of H-pyrrole nitrogens is 1. The van der Waals surface area contributed by atoms with Gasteiger partial charge in [-0.2, -0.15) is 5.10 Å². The summed E-state index contributed by atoms with van der Waals surface area (Å²) in [6.07, 6.45) is 0. The van der Waals surface area contributed by atoms with E-state index < -0.39 is 0 Å². The molecule has 1 aliphatic rings. The van der Waals surface area contributed by atoms with Crippen LogP contribution in [0.1, 0.15) is 33.2 Å². The zero-order valence-electron chi connectivity index (χ0n) is 17.2. The second-order valence-electron chi connectivity index (χ2n) is 7.57. The highest BCUT2D eigenvalue weighted by Gasteiger charge is 2.42. The predicted molar refractivity (Wildman–Crippen MR) is 128 cm³/mol. The molecule has 5 rings (SSSR count). The third-order valence-corrected chi connectivity index (χ3v) is 6.55. The van der Waals surface area contributed by atoms with Gasteiger partial charge in [0, 0.05) is 27.2 Å². The number of nitrogens with zero attached hydrogens (tertiary/aromatic N) is 2. The first-order valence-corrected chi connectivity index (χ1v) is 11.3. The van der Waals surface area contributed by atoms with E-state index in [0.717, 1.165) is 38.2 Å². The van der Waals surface area contributed by atoms with E-state index in [-0.39, 0.29) is 11.9 Å². The van der Waals surface area contributed by atoms with Crippen molar-refractivity contribution in [2.24, 2.45) is 0 Å². The van der Waals surface area contributed by atoms with Crippen LogP contribution >= 0.6 is 27.5 Å². The highest BCUT2D eigenvalue weighted by atomic mass is 79.9. The summed E-state index contributed by atoms with van der Waals surface area (Å²) in [4.78, 5) is 15.4. The third-order valence-electron chi connectivity index (χ3n) is 5.69. The fourth-order valence-corrected chi connectivity index (χ4v) is 4.77. The molecule has 0 radical (unpaired) electrons. The number of aromatic nitrogens is 2. The Hall–Kier alpha value is -3.09. The normalized spacial score (nSPS) is 15.2. The van der Waals surface area contributed by atoms with Crippen LogP contribution in [0.5, 0.6) is 5.75 Å². The van der Waals surface area contributed by atoms with Gasteiger partial charge in [-0.05, 0) is 53.6 Å². The summed E-state index contributed by atoms with van der Waals surface area (Å²) in [6.45, 7) is 0.389. The standard InChI is InChI=1S/C25H19BrClN3O2/c1-32-19-11-9-15(10-12-19)22-21-23(29-28-22)25(31)30(14-17-5-2-3-8-20(17)27)24(21)16-6-4-7-18(26)13-16/h2-13,24H,14H2,1H3,(H,28,29). The van der Waals surface area contributed by atoms with Crippen molar-refractivity contribution in [1.82, 2.24) is 15.1 Å². The molecule has 0 saturated heterocycles. The molecular formula is C25H19BrClN3O2. The summed E-state index contributed by atoms with van der Waals surface area (Å²) in [6, 6.07) is 23.0. The van der Waals surface area contributed by atoms with Gasteiger partial charge in [-0.1, -0.05) is 57.9 Å². The highest BCUT2D eigenvalue weighted by molar-refractivity contribution is 9.10. The molecule has 0 spiro atoms. The molecule has 7 heteroatoms. The van der Waals surface area contributed by atoms with Crippen molar-refractivity contribution >= 4 is 33.4 Å². The zero-order valence-corrected chi connectivity index (χ0v) is 19.5. The van der Waals surface area contributed by atoms with E-state index in [1.54, 1.807) is 7.11 Å². The number of fused-ring (bicyclic) bond motifs is 1. The maximum atomic E-state index is 13.5. The Balaban J connectivity index is 1.64. The van der Waals surface area contributed by atoms with Gasteiger partial charge in [0.2, 0.25) is 0 Å². The van der Waals surface area contributed by atoms with E-state index in [0.29, 0.717) is 17.3 Å². The van der Waals surface area contributed by atoms with E-state index in [2.05, 4.69) is 26.1 Å². The predicted octanol–water partition coefficient (Wildman–Crippen LogP) is 6.25. The molecule has 4 aromatic rings. The fourth-order valence-electron chi connectivity index (χ4n) is 4.16. The molecule has 1 aliphatic heterocycles. The Morgan fingerprint density at radius 1 is 1.09 bits per heavy atom. The van der Waals surface area contributed by atoms with Gasteiger partial charge in [0.1, 0.15) is 11.4 Å². The molecule has 2 heterocycles. The van der Waals surface area contributed by atoms with Crippen LogP contribution in [0.4, 0.5) is 0 Å². The molecule has 1 atom stereocenters. The molecular weight excluding hydrogens is 490 g/mol. The average molecular weight is 509 g/mol. The number of rotatable bonds is 5. The first-order valence-electron chi connectivity index (χ1n) is 10.1. The van der Waals surface area contributed by atoms with Crippen molar-refractivity contribution in [3.05, 3.63) is 105 Å². The second kappa shape index (κ2) is 8.45. The van der Waals surface area contributed by atoms with Crippen molar-refractivity contribution in [1.29, 1.82) is 0 Å². The Kier molecular flexibility index (Phi) is 5.49. The first-order chi connectivity index (χ1) is 15.6. The van der Waals surface area contributed by atoms with Gasteiger partial charge in [0.15, 0.2) is 0 Å². The maximum absolute atomic E-state index is 13.5. The van der Waals surface area contributed by atoms with Gasteiger partial charge in [-0.15, -0.1) is 0 Å². The van der Waals surface area contributed by atoms with Crippen molar-refractivity contribution in [3.63, 3.8) is 0 Å². The Morgan fingerprint density at radius 3 is 2.59 bits per heavy atom. The summed E-state index contributed by atoms with van der Waals surface area (Å²) in [5, 5.41) is 8.15. The van der Waals surface area contributed by atoms with Crippen molar-refractivity contribution in [3.8, 4) is 17.0 Å². The Bertz CT molecular complexity index is 1300. The van der Waals surface area contributed by atoms with Gasteiger partial charge in [0.05, 0.1) is 18.8 Å². The topological polar surface area (TPSA) is 58.2 Å². The van der Waals surface area contributed by atoms with Crippen LogP contribution in [-0.4, -0.2) is 28.1 Å². The lowest BCUT2D eigenvalue weighted by Gasteiger charge is -2.27. The number of hydrogen-bond donors (Lipinski definition) is 1. The lowest BCUT2D eigenvalue weighted by molar-refractivity contribution is 0.0730. The van der Waals surface area contributed by atoms with Gasteiger partial charge >= 0.3 is 0 Å². The first kappa shape index (κ1) is 20.8. The van der Waals surface area contributed by atoms with E-state index >= 15 is 0 Å². The minimum atomic E-state index is -0.304. The quantitative estimate of drug-likeness (QED) is 0.347. The van der Waals surface area contributed by atoms with E-state index in [1.807, 2.05) is 77.7 Å². The zero-order chi connectivity index (χ0) is 22.2. The Morgan fingerprint density at radius 2 is 1.88 bits per heavy atom. The molecule has 1 amide bonds. The average Bonchev–Trinajstić information content (AvgIpc) is 3.34. The largest absolute Gasteiger partial charge is 0.497 e. The van der Waals surface area contributed by atoms with Gasteiger partial charge in [-0.25, -0.2) is 0 Å². The minimum absolute atomic E-state index is 0.0999. The molecule has 1 aromatic heterocycles. The van der Waals surface area contributed by atoms with Crippen LogP contribution in [0.3, 0.4) is 0 Å². The van der Waals surface area contributed by atoms with Gasteiger partial charge in [0.25, 0.3) is 5.91 Å². The number of halogens is 2. The number of aromatic amines is 1. The molecule has 5 nitrogen and oxygen atoms in total.